The van der Waals surface area contributed by atoms with E-state index in [4.69, 9.17) is 9.47 Å². The highest BCUT2D eigenvalue weighted by atomic mass is 16.5. The maximum absolute atomic E-state index is 12.8. The Morgan fingerprint density at radius 2 is 1.53 bits per heavy atom. The van der Waals surface area contributed by atoms with Crippen molar-refractivity contribution in [2.45, 2.75) is 64.0 Å². The minimum Gasteiger partial charge on any atom is -0.496 e. The molecule has 4 heterocycles. The fraction of sp³-hybridized carbons (Fsp3) is 0.450. The minimum absolute atomic E-state index is 0.0722. The predicted molar refractivity (Wildman–Crippen MR) is 208 cm³/mol. The Bertz CT molecular complexity index is 2140. The summed E-state index contributed by atoms with van der Waals surface area (Å²) in [5.41, 5.74) is 2.95. The second-order valence-corrected chi connectivity index (χ2v) is 14.0. The van der Waals surface area contributed by atoms with Crippen LogP contribution in [0.3, 0.4) is 0 Å². The van der Waals surface area contributed by atoms with Gasteiger partial charge in [0.2, 0.25) is 17.7 Å². The standard InChI is InChI=1S/C40H51N7O8/c1-44(23-30-32(54-4)20-27(21-33(30)55-5)29-24-46(3)40(53)37-28(29)16-19-45(37)2)25-35(49)41-17-10-8-6-7-9-11-18-42-38(51)26-12-15-36(50)47(22-26)31-13-14-34(48)43-39(31)52/h12,15-16,19-22,24,31H,6-11,13-14,17-18,23,25H2,1-5H3,(H,41,49)(H,42,51)(H,43,48,52). The van der Waals surface area contributed by atoms with Gasteiger partial charge in [-0.2, -0.15) is 0 Å². The summed E-state index contributed by atoms with van der Waals surface area (Å²) in [5, 5.41) is 8.95. The number of carbonyl (C=O) groups excluding carboxylic acids is 4. The van der Waals surface area contributed by atoms with Crippen LogP contribution >= 0.6 is 0 Å². The summed E-state index contributed by atoms with van der Waals surface area (Å²) < 4.78 is 16.2. The summed E-state index contributed by atoms with van der Waals surface area (Å²) in [6.07, 6.45) is 11.0. The van der Waals surface area contributed by atoms with Gasteiger partial charge >= 0.3 is 0 Å². The number of ether oxygens (including phenoxy) is 2. The highest BCUT2D eigenvalue weighted by molar-refractivity contribution is 6.00. The van der Waals surface area contributed by atoms with Crippen LogP contribution in [0.15, 0.2) is 58.5 Å². The first kappa shape index (κ1) is 40.5. The Labute approximate surface area is 319 Å². The number of hydrogen-bond donors (Lipinski definition) is 3. The van der Waals surface area contributed by atoms with Gasteiger partial charge in [-0.05, 0) is 56.1 Å². The lowest BCUT2D eigenvalue weighted by atomic mass is 10.00. The van der Waals surface area contributed by atoms with Crippen LogP contribution in [0.2, 0.25) is 0 Å². The van der Waals surface area contributed by atoms with Crippen LogP contribution in [0.25, 0.3) is 22.0 Å². The van der Waals surface area contributed by atoms with Gasteiger partial charge in [-0.1, -0.05) is 25.7 Å². The van der Waals surface area contributed by atoms with Gasteiger partial charge in [0.05, 0.1) is 31.9 Å². The van der Waals surface area contributed by atoms with Crippen LogP contribution in [0.4, 0.5) is 0 Å². The first-order valence-electron chi connectivity index (χ1n) is 18.6. The van der Waals surface area contributed by atoms with Crippen molar-refractivity contribution in [2.24, 2.45) is 14.1 Å². The monoisotopic (exact) mass is 757 g/mol. The van der Waals surface area contributed by atoms with Gasteiger partial charge in [-0.3, -0.25) is 39.0 Å². The molecule has 4 amide bonds. The molecule has 1 aliphatic heterocycles. The van der Waals surface area contributed by atoms with Crippen LogP contribution < -0.4 is 36.5 Å². The van der Waals surface area contributed by atoms with Crippen molar-refractivity contribution in [3.8, 4) is 22.6 Å². The number of likely N-dealkylation sites (N-methyl/N-ethyl adjacent to an activating group) is 1. The lowest BCUT2D eigenvalue weighted by Crippen LogP contribution is -2.44. The van der Waals surface area contributed by atoms with Crippen molar-refractivity contribution in [3.05, 3.63) is 80.8 Å². The summed E-state index contributed by atoms with van der Waals surface area (Å²) in [7, 11) is 8.66. The second-order valence-electron chi connectivity index (χ2n) is 14.0. The largest absolute Gasteiger partial charge is 0.496 e. The number of unbranched alkanes of at least 4 members (excludes halogenated alkanes) is 5. The molecular weight excluding hydrogens is 706 g/mol. The quantitative estimate of drug-likeness (QED) is 0.102. The smallest absolute Gasteiger partial charge is 0.274 e. The summed E-state index contributed by atoms with van der Waals surface area (Å²) in [5.74, 6) is -0.0717. The zero-order chi connectivity index (χ0) is 39.6. The summed E-state index contributed by atoms with van der Waals surface area (Å²) in [6, 6.07) is 7.68. The van der Waals surface area contributed by atoms with Gasteiger partial charge in [-0.15, -0.1) is 0 Å². The number of piperidine rings is 1. The molecule has 55 heavy (non-hydrogen) atoms. The third-order valence-electron chi connectivity index (χ3n) is 9.93. The van der Waals surface area contributed by atoms with E-state index in [-0.39, 0.29) is 48.2 Å². The minimum atomic E-state index is -0.819. The third-order valence-corrected chi connectivity index (χ3v) is 9.93. The van der Waals surface area contributed by atoms with Crippen molar-refractivity contribution >= 4 is 34.5 Å². The molecule has 3 N–H and O–H groups in total. The van der Waals surface area contributed by atoms with Crippen LogP contribution in [0.5, 0.6) is 11.5 Å². The molecule has 0 saturated carbocycles. The number of benzene rings is 1. The molecule has 1 aromatic carbocycles. The molecule has 0 spiro atoms. The van der Waals surface area contributed by atoms with E-state index in [1.54, 1.807) is 25.8 Å². The third kappa shape index (κ3) is 9.89. The fourth-order valence-electron chi connectivity index (χ4n) is 6.97. The Morgan fingerprint density at radius 1 is 0.873 bits per heavy atom. The zero-order valence-corrected chi connectivity index (χ0v) is 32.2. The topological polar surface area (TPSA) is 175 Å². The normalized spacial score (nSPS) is 14.3. The maximum Gasteiger partial charge on any atom is 0.274 e. The molecule has 1 atom stereocenters. The molecule has 3 aromatic heterocycles. The van der Waals surface area contributed by atoms with Gasteiger partial charge in [0.15, 0.2) is 0 Å². The molecule has 1 saturated heterocycles. The van der Waals surface area contributed by atoms with E-state index in [9.17, 15) is 28.8 Å². The number of carbonyl (C=O) groups is 4. The van der Waals surface area contributed by atoms with E-state index < -0.39 is 17.5 Å². The SMILES string of the molecule is COc1cc(-c2cn(C)c(=O)c3c2ccn3C)cc(OC)c1CN(C)CC(=O)NCCCCCCCCNC(=O)c1ccc(=O)n(C2CCC(=O)NC2=O)c1. The van der Waals surface area contributed by atoms with E-state index >= 15 is 0 Å². The molecule has 0 radical (unpaired) electrons. The van der Waals surface area contributed by atoms with Gasteiger partial charge < -0.3 is 33.8 Å². The van der Waals surface area contributed by atoms with Crippen molar-refractivity contribution in [1.82, 2.24) is 34.6 Å². The molecule has 15 heteroatoms. The Hall–Kier alpha value is -5.70. The average Bonchev–Trinajstić information content (AvgIpc) is 3.55. The number of imide groups is 1. The zero-order valence-electron chi connectivity index (χ0n) is 32.2. The molecule has 1 aliphatic rings. The average molecular weight is 758 g/mol. The number of aryl methyl sites for hydroxylation is 2. The van der Waals surface area contributed by atoms with Gasteiger partial charge in [-0.25, -0.2) is 0 Å². The summed E-state index contributed by atoms with van der Waals surface area (Å²) in [6.45, 7) is 1.68. The number of hydrogen-bond acceptors (Lipinski definition) is 9. The van der Waals surface area contributed by atoms with Gasteiger partial charge in [0, 0.05) is 75.8 Å². The number of rotatable bonds is 18. The molecule has 0 bridgehead atoms. The summed E-state index contributed by atoms with van der Waals surface area (Å²) >= 11 is 0. The molecule has 4 aromatic rings. The molecular formula is C40H51N7O8. The van der Waals surface area contributed by atoms with Crippen LogP contribution in [-0.2, 0) is 35.0 Å². The van der Waals surface area contributed by atoms with Crippen LogP contribution in [0, 0.1) is 0 Å². The number of nitrogens with zero attached hydrogens (tertiary/aromatic N) is 4. The van der Waals surface area contributed by atoms with Gasteiger partial charge in [0.25, 0.3) is 17.0 Å². The molecule has 5 rings (SSSR count). The Kier molecular flexibility index (Phi) is 13.7. The number of nitrogens with one attached hydrogen (secondary N) is 3. The lowest BCUT2D eigenvalue weighted by Gasteiger charge is -2.23. The van der Waals surface area contributed by atoms with E-state index in [0.29, 0.717) is 36.6 Å². The van der Waals surface area contributed by atoms with E-state index in [2.05, 4.69) is 16.0 Å². The Balaban J connectivity index is 0.998. The number of aromatic nitrogens is 3. The second kappa shape index (κ2) is 18.6. The molecule has 294 valence electrons. The van der Waals surface area contributed by atoms with E-state index in [1.165, 1.54) is 22.9 Å². The molecule has 1 unspecified atom stereocenters. The number of fused-ring (bicyclic) bond motifs is 1. The van der Waals surface area contributed by atoms with Crippen molar-refractivity contribution < 1.29 is 28.7 Å². The maximum atomic E-state index is 12.8. The number of amides is 4. The summed E-state index contributed by atoms with van der Waals surface area (Å²) in [4.78, 5) is 76.1. The predicted octanol–water partition coefficient (Wildman–Crippen LogP) is 3.02. The van der Waals surface area contributed by atoms with Crippen molar-refractivity contribution in [1.29, 1.82) is 0 Å². The van der Waals surface area contributed by atoms with E-state index in [0.717, 1.165) is 60.6 Å². The van der Waals surface area contributed by atoms with E-state index in [1.807, 2.05) is 54.2 Å². The highest BCUT2D eigenvalue weighted by Crippen LogP contribution is 2.38. The number of pyridine rings is 2. The van der Waals surface area contributed by atoms with Gasteiger partial charge in [0.1, 0.15) is 23.1 Å². The van der Waals surface area contributed by atoms with Crippen LogP contribution in [-0.4, -0.2) is 83.1 Å². The highest BCUT2D eigenvalue weighted by Gasteiger charge is 2.29. The van der Waals surface area contributed by atoms with Crippen molar-refractivity contribution in [3.63, 3.8) is 0 Å². The molecule has 1 fully saturated rings. The first-order chi connectivity index (χ1) is 26.4. The molecule has 15 nitrogen and oxygen atoms in total. The van der Waals surface area contributed by atoms with Crippen LogP contribution in [0.1, 0.15) is 73.3 Å². The number of methoxy groups -OCH3 is 2. The van der Waals surface area contributed by atoms with Crippen molar-refractivity contribution in [2.75, 3.05) is 40.9 Å². The lowest BCUT2D eigenvalue weighted by molar-refractivity contribution is -0.135. The fourth-order valence-corrected chi connectivity index (χ4v) is 6.97. The molecule has 0 aliphatic carbocycles. The Morgan fingerprint density at radius 3 is 2.18 bits per heavy atom. The first-order valence-corrected chi connectivity index (χ1v) is 18.6.